The molecule has 0 saturated carbocycles. The largest absolute Gasteiger partial charge is 0.465 e. The fourth-order valence-electron chi connectivity index (χ4n) is 1.76. The van der Waals surface area contributed by atoms with E-state index in [0.717, 1.165) is 6.07 Å². The van der Waals surface area contributed by atoms with Crippen LogP contribution in [0.25, 0.3) is 0 Å². The van der Waals surface area contributed by atoms with Crippen molar-refractivity contribution in [1.29, 1.82) is 0 Å². The van der Waals surface area contributed by atoms with Crippen molar-refractivity contribution in [3.63, 3.8) is 0 Å². The van der Waals surface area contributed by atoms with E-state index in [9.17, 15) is 14.0 Å². The fraction of sp³-hybridized carbons (Fsp3) is 0.214. The molecule has 2 amide bonds. The van der Waals surface area contributed by atoms with Crippen molar-refractivity contribution >= 4 is 17.7 Å². The third-order valence-electron chi connectivity index (χ3n) is 2.85. The van der Waals surface area contributed by atoms with Crippen LogP contribution in [0.2, 0.25) is 0 Å². The van der Waals surface area contributed by atoms with Crippen molar-refractivity contribution in [2.24, 2.45) is 0 Å². The highest BCUT2D eigenvalue weighted by molar-refractivity contribution is 5.92. The number of benzene rings is 1. The van der Waals surface area contributed by atoms with Crippen molar-refractivity contribution in [1.82, 2.24) is 14.9 Å². The van der Waals surface area contributed by atoms with Crippen LogP contribution >= 0.6 is 0 Å². The van der Waals surface area contributed by atoms with Crippen LogP contribution in [0.15, 0.2) is 36.9 Å². The lowest BCUT2D eigenvalue weighted by atomic mass is 10.2. The van der Waals surface area contributed by atoms with Gasteiger partial charge >= 0.3 is 12.0 Å². The molecule has 22 heavy (non-hydrogen) atoms. The van der Waals surface area contributed by atoms with Crippen LogP contribution < -0.4 is 10.6 Å². The Morgan fingerprint density at radius 3 is 2.86 bits per heavy atom. The summed E-state index contributed by atoms with van der Waals surface area (Å²) in [5, 5.41) is 5.10. The number of nitrogens with one attached hydrogen (secondary N) is 2. The number of methoxy groups -OCH3 is 1. The maximum absolute atomic E-state index is 13.7. The highest BCUT2D eigenvalue weighted by Gasteiger charge is 2.13. The minimum Gasteiger partial charge on any atom is -0.465 e. The van der Waals surface area contributed by atoms with E-state index in [-0.39, 0.29) is 11.3 Å². The molecule has 2 aromatic rings. The normalized spacial score (nSPS) is 10.1. The molecule has 116 valence electrons. The zero-order chi connectivity index (χ0) is 15.9. The number of aromatic nitrogens is 2. The average molecular weight is 306 g/mol. The van der Waals surface area contributed by atoms with E-state index in [2.05, 4.69) is 20.4 Å². The molecule has 1 aromatic carbocycles. The topological polar surface area (TPSA) is 85.2 Å². The first-order valence-corrected chi connectivity index (χ1v) is 6.48. The van der Waals surface area contributed by atoms with Gasteiger partial charge in [-0.1, -0.05) is 0 Å². The molecule has 0 radical (unpaired) electrons. The first-order valence-electron chi connectivity index (χ1n) is 6.48. The van der Waals surface area contributed by atoms with Gasteiger partial charge in [-0.3, -0.25) is 0 Å². The summed E-state index contributed by atoms with van der Waals surface area (Å²) < 4.78 is 19.9. The fourth-order valence-corrected chi connectivity index (χ4v) is 1.76. The monoisotopic (exact) mass is 306 g/mol. The van der Waals surface area contributed by atoms with E-state index < -0.39 is 17.8 Å². The smallest absolute Gasteiger partial charge is 0.340 e. The number of carbonyl (C=O) groups is 2. The molecule has 8 heteroatoms. The van der Waals surface area contributed by atoms with Gasteiger partial charge in [-0.25, -0.2) is 19.0 Å². The third-order valence-corrected chi connectivity index (χ3v) is 2.85. The molecule has 7 nitrogen and oxygen atoms in total. The number of hydrogen-bond donors (Lipinski definition) is 2. The Labute approximate surface area is 126 Å². The van der Waals surface area contributed by atoms with Gasteiger partial charge in [0.25, 0.3) is 0 Å². The van der Waals surface area contributed by atoms with Crippen LogP contribution in [0.1, 0.15) is 10.4 Å². The highest BCUT2D eigenvalue weighted by Crippen LogP contribution is 2.15. The Morgan fingerprint density at radius 2 is 2.23 bits per heavy atom. The predicted molar refractivity (Wildman–Crippen MR) is 77.0 cm³/mol. The number of rotatable bonds is 5. The first kappa shape index (κ1) is 15.5. The zero-order valence-electron chi connectivity index (χ0n) is 11.9. The van der Waals surface area contributed by atoms with Crippen molar-refractivity contribution in [3.8, 4) is 0 Å². The van der Waals surface area contributed by atoms with Crippen LogP contribution in [0, 0.1) is 5.82 Å². The summed E-state index contributed by atoms with van der Waals surface area (Å²) in [4.78, 5) is 26.8. The van der Waals surface area contributed by atoms with Crippen LogP contribution in [0.5, 0.6) is 0 Å². The minimum absolute atomic E-state index is 0.187. The van der Waals surface area contributed by atoms with Gasteiger partial charge in [0.05, 0.1) is 19.0 Å². The summed E-state index contributed by atoms with van der Waals surface area (Å²) in [5.74, 6) is -1.53. The summed E-state index contributed by atoms with van der Waals surface area (Å²) in [6.07, 6.45) is 5.06. The van der Waals surface area contributed by atoms with Gasteiger partial charge < -0.3 is 19.9 Å². The van der Waals surface area contributed by atoms with Crippen LogP contribution in [0.4, 0.5) is 14.9 Å². The highest BCUT2D eigenvalue weighted by atomic mass is 19.1. The van der Waals surface area contributed by atoms with Gasteiger partial charge in [0.15, 0.2) is 0 Å². The van der Waals surface area contributed by atoms with E-state index >= 15 is 0 Å². The number of hydrogen-bond acceptors (Lipinski definition) is 4. The molecule has 0 bridgehead atoms. The van der Waals surface area contributed by atoms with Crippen LogP contribution in [-0.2, 0) is 11.3 Å². The number of anilines is 1. The number of amides is 2. The summed E-state index contributed by atoms with van der Waals surface area (Å²) >= 11 is 0. The maximum atomic E-state index is 13.7. The number of imidazole rings is 1. The zero-order valence-corrected chi connectivity index (χ0v) is 11.9. The van der Waals surface area contributed by atoms with Gasteiger partial charge in [0.1, 0.15) is 5.82 Å². The third kappa shape index (κ3) is 4.05. The second-order valence-electron chi connectivity index (χ2n) is 4.37. The predicted octanol–water partition coefficient (Wildman–Crippen LogP) is 1.63. The number of nitrogens with zero attached hydrogens (tertiary/aromatic N) is 2. The van der Waals surface area contributed by atoms with Crippen LogP contribution in [-0.4, -0.2) is 35.2 Å². The summed E-state index contributed by atoms with van der Waals surface area (Å²) in [5.41, 5.74) is 0.0545. The van der Waals surface area contributed by atoms with E-state index in [4.69, 9.17) is 0 Å². The van der Waals surface area contributed by atoms with Crippen molar-refractivity contribution in [2.75, 3.05) is 19.0 Å². The molecule has 0 aliphatic rings. The first-order chi connectivity index (χ1) is 10.6. The molecule has 0 atom stereocenters. The molecule has 2 rings (SSSR count). The molecule has 0 unspecified atom stereocenters. The standard InChI is InChI=1S/C14H15FN4O3/c1-22-13(20)11-3-2-10(8-12(11)15)18-14(21)17-5-7-19-6-4-16-9-19/h2-4,6,8-9H,5,7H2,1H3,(H2,17,18,21). The summed E-state index contributed by atoms with van der Waals surface area (Å²) in [6.45, 7) is 0.966. The lowest BCUT2D eigenvalue weighted by Gasteiger charge is -2.09. The number of esters is 1. The Balaban J connectivity index is 1.86. The average Bonchev–Trinajstić information content (AvgIpc) is 3.00. The molecule has 2 N–H and O–H groups in total. The second kappa shape index (κ2) is 7.21. The van der Waals surface area contributed by atoms with Crippen molar-refractivity contribution in [2.45, 2.75) is 6.54 Å². The quantitative estimate of drug-likeness (QED) is 0.822. The molecule has 0 saturated heterocycles. The molecule has 0 spiro atoms. The van der Waals surface area contributed by atoms with Gasteiger partial charge in [-0.15, -0.1) is 0 Å². The SMILES string of the molecule is COC(=O)c1ccc(NC(=O)NCCn2ccnc2)cc1F. The minimum atomic E-state index is -0.770. The molecule has 0 aliphatic carbocycles. The Hall–Kier alpha value is -2.90. The van der Waals surface area contributed by atoms with Crippen molar-refractivity contribution < 1.29 is 18.7 Å². The summed E-state index contributed by atoms with van der Waals surface area (Å²) in [6, 6.07) is 3.26. The molecule has 1 heterocycles. The van der Waals surface area contributed by atoms with E-state index in [1.807, 2.05) is 4.57 Å². The van der Waals surface area contributed by atoms with E-state index in [1.165, 1.54) is 19.2 Å². The molecule has 0 aliphatic heterocycles. The Bertz CT molecular complexity index is 658. The Morgan fingerprint density at radius 1 is 1.41 bits per heavy atom. The van der Waals surface area contributed by atoms with E-state index in [1.54, 1.807) is 18.7 Å². The number of halogens is 1. The molecular formula is C14H15FN4O3. The van der Waals surface area contributed by atoms with Gasteiger partial charge in [-0.2, -0.15) is 0 Å². The second-order valence-corrected chi connectivity index (χ2v) is 4.37. The molecule has 1 aromatic heterocycles. The van der Waals surface area contributed by atoms with E-state index in [0.29, 0.717) is 13.1 Å². The number of ether oxygens (including phenoxy) is 1. The van der Waals surface area contributed by atoms with Gasteiger partial charge in [0, 0.05) is 31.2 Å². The van der Waals surface area contributed by atoms with Gasteiger partial charge in [0.2, 0.25) is 0 Å². The van der Waals surface area contributed by atoms with Gasteiger partial charge in [-0.05, 0) is 18.2 Å². The molecular weight excluding hydrogens is 291 g/mol. The summed E-state index contributed by atoms with van der Waals surface area (Å²) in [7, 11) is 1.17. The molecule has 0 fully saturated rings. The maximum Gasteiger partial charge on any atom is 0.340 e. The van der Waals surface area contributed by atoms with Crippen molar-refractivity contribution in [3.05, 3.63) is 48.3 Å². The lowest BCUT2D eigenvalue weighted by molar-refractivity contribution is 0.0595. The Kier molecular flexibility index (Phi) is 5.07. The number of urea groups is 1. The lowest BCUT2D eigenvalue weighted by Crippen LogP contribution is -2.31. The number of carbonyl (C=O) groups excluding carboxylic acids is 2. The van der Waals surface area contributed by atoms with Crippen LogP contribution in [0.3, 0.4) is 0 Å².